The molecule has 0 atom stereocenters. The quantitative estimate of drug-likeness (QED) is 0.770. The van der Waals surface area contributed by atoms with Crippen LogP contribution in [0.3, 0.4) is 0 Å². The number of nitrogens with one attached hydrogen (secondary N) is 1. The average molecular weight is 403 g/mol. The molecule has 0 bridgehead atoms. The molecule has 1 aromatic heterocycles. The lowest BCUT2D eigenvalue weighted by atomic mass is 10.2. The van der Waals surface area contributed by atoms with Crippen LogP contribution in [0.15, 0.2) is 24.3 Å². The number of aromatic nitrogens is 1. The van der Waals surface area contributed by atoms with E-state index in [9.17, 15) is 4.79 Å². The van der Waals surface area contributed by atoms with E-state index in [0.29, 0.717) is 26.2 Å². The van der Waals surface area contributed by atoms with Gasteiger partial charge < -0.3 is 19.9 Å². The molecule has 1 aliphatic rings. The first-order valence-corrected chi connectivity index (χ1v) is 10.9. The number of para-hydroxylation sites is 2. The number of thiazole rings is 1. The Morgan fingerprint density at radius 1 is 1.21 bits per heavy atom. The average Bonchev–Trinajstić information content (AvgIpc) is 3.08. The molecule has 0 radical (unpaired) electrons. The Hall–Kier alpha value is -2.28. The van der Waals surface area contributed by atoms with Crippen LogP contribution in [0.5, 0.6) is 5.75 Å². The molecule has 1 aromatic carbocycles. The molecular formula is C21H30N4O2S. The standard InChI is InChI=1S/C21H30N4O2S/c1-4-17-16(3)28-20(23-17)10-11-22-21(26)25-14-12-24(13-15-25)18-8-6-7-9-19(18)27-5-2/h6-9H,4-5,10-15H2,1-3H3,(H,22,26). The van der Waals surface area contributed by atoms with Crippen LogP contribution in [0.1, 0.15) is 29.4 Å². The highest BCUT2D eigenvalue weighted by Gasteiger charge is 2.22. The van der Waals surface area contributed by atoms with Crippen LogP contribution in [0.25, 0.3) is 0 Å². The number of hydrogen-bond donors (Lipinski definition) is 1. The summed E-state index contributed by atoms with van der Waals surface area (Å²) < 4.78 is 5.74. The first-order valence-electron chi connectivity index (χ1n) is 10.1. The van der Waals surface area contributed by atoms with Gasteiger partial charge in [0, 0.05) is 44.0 Å². The van der Waals surface area contributed by atoms with Crippen LogP contribution in [0.2, 0.25) is 0 Å². The zero-order valence-corrected chi connectivity index (χ0v) is 17.8. The van der Waals surface area contributed by atoms with Gasteiger partial charge in [-0.3, -0.25) is 0 Å². The van der Waals surface area contributed by atoms with Gasteiger partial charge in [-0.1, -0.05) is 19.1 Å². The van der Waals surface area contributed by atoms with Gasteiger partial charge in [0.15, 0.2) is 0 Å². The molecule has 0 saturated carbocycles. The molecular weight excluding hydrogens is 372 g/mol. The molecule has 3 rings (SSSR count). The van der Waals surface area contributed by atoms with Gasteiger partial charge in [-0.2, -0.15) is 0 Å². The lowest BCUT2D eigenvalue weighted by molar-refractivity contribution is 0.194. The lowest BCUT2D eigenvalue weighted by Crippen LogP contribution is -2.52. The van der Waals surface area contributed by atoms with Crippen molar-refractivity contribution in [2.24, 2.45) is 0 Å². The van der Waals surface area contributed by atoms with Crippen LogP contribution >= 0.6 is 11.3 Å². The summed E-state index contributed by atoms with van der Waals surface area (Å²) in [6, 6.07) is 8.12. The number of anilines is 1. The molecule has 28 heavy (non-hydrogen) atoms. The van der Waals surface area contributed by atoms with E-state index < -0.39 is 0 Å². The molecule has 0 unspecified atom stereocenters. The van der Waals surface area contributed by atoms with Crippen LogP contribution in [-0.4, -0.2) is 55.2 Å². The van der Waals surface area contributed by atoms with Crippen molar-refractivity contribution in [2.75, 3.05) is 44.2 Å². The first kappa shape index (κ1) is 20.5. The molecule has 2 heterocycles. The maximum atomic E-state index is 12.5. The van der Waals surface area contributed by atoms with Crippen molar-refractivity contribution in [3.8, 4) is 5.75 Å². The van der Waals surface area contributed by atoms with Gasteiger partial charge in [-0.25, -0.2) is 9.78 Å². The molecule has 1 fully saturated rings. The number of carbonyl (C=O) groups excluding carboxylic acids is 1. The van der Waals surface area contributed by atoms with Gasteiger partial charge in [0.2, 0.25) is 0 Å². The number of benzene rings is 1. The fourth-order valence-electron chi connectivity index (χ4n) is 3.46. The second-order valence-electron chi connectivity index (χ2n) is 6.82. The monoisotopic (exact) mass is 402 g/mol. The number of aryl methyl sites for hydroxylation is 2. The minimum Gasteiger partial charge on any atom is -0.492 e. The van der Waals surface area contributed by atoms with Gasteiger partial charge in [0.05, 0.1) is 23.0 Å². The summed E-state index contributed by atoms with van der Waals surface area (Å²) in [6.07, 6.45) is 1.75. The number of ether oxygens (including phenoxy) is 1. The number of carbonyl (C=O) groups is 1. The van der Waals surface area contributed by atoms with Crippen molar-refractivity contribution in [2.45, 2.75) is 33.6 Å². The molecule has 1 N–H and O–H groups in total. The Kier molecular flexibility index (Phi) is 7.14. The highest BCUT2D eigenvalue weighted by Crippen LogP contribution is 2.28. The molecule has 6 nitrogen and oxygen atoms in total. The number of hydrogen-bond acceptors (Lipinski definition) is 5. The third kappa shape index (κ3) is 4.95. The molecule has 2 aromatic rings. The zero-order chi connectivity index (χ0) is 19.9. The lowest BCUT2D eigenvalue weighted by Gasteiger charge is -2.36. The second-order valence-corrected chi connectivity index (χ2v) is 8.11. The van der Waals surface area contributed by atoms with E-state index >= 15 is 0 Å². The first-order chi connectivity index (χ1) is 13.6. The van der Waals surface area contributed by atoms with E-state index in [1.807, 2.05) is 30.0 Å². The van der Waals surface area contributed by atoms with Crippen molar-refractivity contribution < 1.29 is 9.53 Å². The number of urea groups is 1. The van der Waals surface area contributed by atoms with Gasteiger partial charge in [-0.05, 0) is 32.4 Å². The van der Waals surface area contributed by atoms with E-state index in [1.54, 1.807) is 11.3 Å². The Labute approximate surface area is 171 Å². The molecule has 1 saturated heterocycles. The number of amides is 2. The fraction of sp³-hybridized carbons (Fsp3) is 0.524. The minimum atomic E-state index is 0.0155. The highest BCUT2D eigenvalue weighted by atomic mass is 32.1. The summed E-state index contributed by atoms with van der Waals surface area (Å²) in [5, 5.41) is 4.15. The molecule has 2 amide bonds. The Morgan fingerprint density at radius 2 is 1.96 bits per heavy atom. The second kappa shape index (κ2) is 9.78. The van der Waals surface area contributed by atoms with Crippen molar-refractivity contribution in [3.63, 3.8) is 0 Å². The third-order valence-electron chi connectivity index (χ3n) is 4.96. The number of rotatable bonds is 7. The Morgan fingerprint density at radius 3 is 2.64 bits per heavy atom. The van der Waals surface area contributed by atoms with Gasteiger partial charge in [-0.15, -0.1) is 11.3 Å². The van der Waals surface area contributed by atoms with Crippen LogP contribution in [0, 0.1) is 6.92 Å². The van der Waals surface area contributed by atoms with Crippen molar-refractivity contribution in [3.05, 3.63) is 39.8 Å². The summed E-state index contributed by atoms with van der Waals surface area (Å²) in [5.41, 5.74) is 2.28. The molecule has 7 heteroatoms. The smallest absolute Gasteiger partial charge is 0.317 e. The summed E-state index contributed by atoms with van der Waals surface area (Å²) >= 11 is 1.73. The SMILES string of the molecule is CCOc1ccccc1N1CCN(C(=O)NCCc2nc(CC)c(C)s2)CC1. The van der Waals surface area contributed by atoms with Gasteiger partial charge in [0.1, 0.15) is 5.75 Å². The van der Waals surface area contributed by atoms with Crippen LogP contribution in [-0.2, 0) is 12.8 Å². The fourth-order valence-corrected chi connectivity index (χ4v) is 4.48. The topological polar surface area (TPSA) is 57.7 Å². The van der Waals surface area contributed by atoms with Gasteiger partial charge >= 0.3 is 6.03 Å². The summed E-state index contributed by atoms with van der Waals surface area (Å²) in [6.45, 7) is 10.5. The van der Waals surface area contributed by atoms with E-state index in [1.165, 1.54) is 10.6 Å². The van der Waals surface area contributed by atoms with Gasteiger partial charge in [0.25, 0.3) is 0 Å². The normalized spacial score (nSPS) is 14.2. The van der Waals surface area contributed by atoms with Crippen molar-refractivity contribution >= 4 is 23.1 Å². The molecule has 1 aliphatic heterocycles. The number of piperazine rings is 1. The number of nitrogens with zero attached hydrogens (tertiary/aromatic N) is 3. The Bertz CT molecular complexity index is 784. The molecule has 0 spiro atoms. The maximum Gasteiger partial charge on any atom is 0.317 e. The van der Waals surface area contributed by atoms with Crippen molar-refractivity contribution in [1.29, 1.82) is 0 Å². The predicted octanol–water partition coefficient (Wildman–Crippen LogP) is 3.49. The zero-order valence-electron chi connectivity index (χ0n) is 17.0. The summed E-state index contributed by atoms with van der Waals surface area (Å²) in [4.78, 5) is 22.6. The minimum absolute atomic E-state index is 0.0155. The van der Waals surface area contributed by atoms with E-state index in [2.05, 4.69) is 35.1 Å². The van der Waals surface area contributed by atoms with E-state index in [-0.39, 0.29) is 6.03 Å². The summed E-state index contributed by atoms with van der Waals surface area (Å²) in [7, 11) is 0. The maximum absolute atomic E-state index is 12.5. The molecule has 0 aliphatic carbocycles. The molecule has 152 valence electrons. The predicted molar refractivity (Wildman–Crippen MR) is 115 cm³/mol. The summed E-state index contributed by atoms with van der Waals surface area (Å²) in [5.74, 6) is 0.910. The highest BCUT2D eigenvalue weighted by molar-refractivity contribution is 7.11. The van der Waals surface area contributed by atoms with E-state index in [4.69, 9.17) is 4.74 Å². The van der Waals surface area contributed by atoms with E-state index in [0.717, 1.165) is 42.4 Å². The third-order valence-corrected chi connectivity index (χ3v) is 6.03. The Balaban J connectivity index is 1.46. The van der Waals surface area contributed by atoms with Crippen molar-refractivity contribution in [1.82, 2.24) is 15.2 Å². The van der Waals surface area contributed by atoms with Crippen LogP contribution in [0.4, 0.5) is 10.5 Å². The van der Waals surface area contributed by atoms with Crippen LogP contribution < -0.4 is 15.0 Å². The largest absolute Gasteiger partial charge is 0.492 e.